The Morgan fingerprint density at radius 1 is 1.21 bits per heavy atom. The topological polar surface area (TPSA) is 140 Å². The van der Waals surface area contributed by atoms with Gasteiger partial charge < -0.3 is 30.4 Å². The van der Waals surface area contributed by atoms with Gasteiger partial charge in [-0.2, -0.15) is 5.10 Å². The maximum absolute atomic E-state index is 13.5. The number of carbonyl (C=O) groups is 2. The Balaban J connectivity index is 0.000000196. The molecule has 6 rings (SSSR count). The maximum Gasteiger partial charge on any atom is 0.318 e. The van der Waals surface area contributed by atoms with Crippen molar-refractivity contribution in [3.63, 3.8) is 0 Å². The van der Waals surface area contributed by atoms with Gasteiger partial charge in [-0.3, -0.25) is 9.48 Å². The van der Waals surface area contributed by atoms with E-state index in [1.807, 2.05) is 18.2 Å². The van der Waals surface area contributed by atoms with Gasteiger partial charge in [0.15, 0.2) is 11.5 Å². The average Bonchev–Trinajstić information content (AvgIpc) is 3.86. The highest BCUT2D eigenvalue weighted by Crippen LogP contribution is 2.24. The molecule has 1 saturated heterocycles. The largest absolute Gasteiger partial charge is 0.381 e. The molecule has 0 spiro atoms. The fourth-order valence-electron chi connectivity index (χ4n) is 4.22. The number of urea groups is 1. The molecule has 0 bridgehead atoms. The van der Waals surface area contributed by atoms with Gasteiger partial charge in [0.25, 0.3) is 11.8 Å². The highest BCUT2D eigenvalue weighted by molar-refractivity contribution is 5.91. The van der Waals surface area contributed by atoms with E-state index in [9.17, 15) is 22.8 Å². The number of alkyl halides is 2. The minimum Gasteiger partial charge on any atom is -0.381 e. The fourth-order valence-corrected chi connectivity index (χ4v) is 4.22. The van der Waals surface area contributed by atoms with Gasteiger partial charge in [-0.15, -0.1) is 0 Å². The van der Waals surface area contributed by atoms with Gasteiger partial charge >= 0.3 is 6.03 Å². The number of amides is 3. The van der Waals surface area contributed by atoms with Gasteiger partial charge in [0, 0.05) is 26.1 Å². The van der Waals surface area contributed by atoms with Gasteiger partial charge in [0.2, 0.25) is 0 Å². The Hall–Kier alpha value is -3.65. The number of nitrogens with two attached hydrogens (primary N) is 1. The fraction of sp³-hybridized carbons (Fsp3) is 0.571. The first-order valence-corrected chi connectivity index (χ1v) is 14.0. The molecule has 3 aliphatic rings. The van der Waals surface area contributed by atoms with Crippen LogP contribution in [-0.2, 0) is 22.4 Å². The predicted molar refractivity (Wildman–Crippen MR) is 149 cm³/mol. The van der Waals surface area contributed by atoms with E-state index in [2.05, 4.69) is 20.4 Å². The number of benzene rings is 1. The SMILES string of the molecule is CC(C)n1ncc(F)c1C(N)=O.COC1CC1.O=C1NCC(F)(F)CN1Cc1ccc2nc(CCOC3CC3)[nH]c2c1. The van der Waals surface area contributed by atoms with Crippen LogP contribution in [0.2, 0.25) is 0 Å². The third-order valence-corrected chi connectivity index (χ3v) is 6.72. The molecule has 0 atom stereocenters. The highest BCUT2D eigenvalue weighted by Gasteiger charge is 2.38. The molecule has 3 aromatic rings. The second-order valence-electron chi connectivity index (χ2n) is 10.9. The summed E-state index contributed by atoms with van der Waals surface area (Å²) in [5.41, 5.74) is 7.23. The number of ether oxygens (including phenoxy) is 2. The summed E-state index contributed by atoms with van der Waals surface area (Å²) in [5, 5.41) is 5.90. The zero-order valence-electron chi connectivity index (χ0n) is 24.0. The summed E-state index contributed by atoms with van der Waals surface area (Å²) in [6.45, 7) is 3.19. The Morgan fingerprint density at radius 2 is 1.93 bits per heavy atom. The summed E-state index contributed by atoms with van der Waals surface area (Å²) in [6.07, 6.45) is 7.62. The van der Waals surface area contributed by atoms with Gasteiger partial charge in [-0.25, -0.2) is 22.9 Å². The van der Waals surface area contributed by atoms with E-state index in [0.717, 1.165) is 46.4 Å². The molecule has 42 heavy (non-hydrogen) atoms. The van der Waals surface area contributed by atoms with Crippen LogP contribution in [0.25, 0.3) is 11.0 Å². The molecule has 11 nitrogen and oxygen atoms in total. The Morgan fingerprint density at radius 3 is 2.50 bits per heavy atom. The van der Waals surface area contributed by atoms with Crippen LogP contribution in [0, 0.1) is 5.82 Å². The quantitative estimate of drug-likeness (QED) is 0.343. The van der Waals surface area contributed by atoms with Gasteiger partial charge in [0.05, 0.1) is 49.1 Å². The number of halogens is 3. The van der Waals surface area contributed by atoms with E-state index in [0.29, 0.717) is 25.2 Å². The standard InChI is InChI=1S/C17H20F2N4O2.C7H10FN3O.C4H8O/c18-17(19)9-20-16(24)23(10-17)8-11-1-4-13-14(7-11)22-15(21-13)5-6-25-12-2-3-12;1-4(2)11-6(7(9)12)5(8)3-10-11;1-5-4-2-3-4/h1,4,7,12H,2-3,5-6,8-10H2,(H,20,24)(H,21,22);3-4H,1-2H3,(H2,9,12);4H,2-3H2,1H3. The number of nitrogens with one attached hydrogen (secondary N) is 2. The van der Waals surface area contributed by atoms with Crippen molar-refractivity contribution in [3.8, 4) is 0 Å². The van der Waals surface area contributed by atoms with Crippen LogP contribution in [-0.4, -0.2) is 81.5 Å². The number of imidazole rings is 1. The molecule has 0 radical (unpaired) electrons. The normalized spacial score (nSPS) is 17.8. The zero-order chi connectivity index (χ0) is 30.4. The summed E-state index contributed by atoms with van der Waals surface area (Å²) in [7, 11) is 1.76. The van der Waals surface area contributed by atoms with Crippen molar-refractivity contribution in [1.29, 1.82) is 0 Å². The predicted octanol–water partition coefficient (Wildman–Crippen LogP) is 3.94. The number of hydrogen-bond acceptors (Lipinski definition) is 6. The highest BCUT2D eigenvalue weighted by atomic mass is 19.3. The number of methoxy groups -OCH3 is 1. The molecule has 2 aliphatic carbocycles. The van der Waals surface area contributed by atoms with E-state index in [4.69, 9.17) is 15.2 Å². The molecular weight excluding hydrogens is 555 g/mol. The molecule has 14 heteroatoms. The summed E-state index contributed by atoms with van der Waals surface area (Å²) in [6, 6.07) is 4.97. The van der Waals surface area contributed by atoms with E-state index < -0.39 is 36.8 Å². The second-order valence-corrected chi connectivity index (χ2v) is 10.9. The van der Waals surface area contributed by atoms with E-state index in [-0.39, 0.29) is 18.3 Å². The molecule has 3 heterocycles. The van der Waals surface area contributed by atoms with Gasteiger partial charge in [-0.05, 0) is 57.2 Å². The first kappa shape index (κ1) is 31.3. The molecule has 1 aromatic carbocycles. The van der Waals surface area contributed by atoms with Crippen LogP contribution in [0.1, 0.15) is 67.4 Å². The number of hydrogen-bond donors (Lipinski definition) is 3. The van der Waals surface area contributed by atoms with Crippen molar-refractivity contribution in [3.05, 3.63) is 47.3 Å². The average molecular weight is 594 g/mol. The van der Waals surface area contributed by atoms with Crippen LogP contribution >= 0.6 is 0 Å². The first-order valence-electron chi connectivity index (χ1n) is 14.0. The molecule has 3 fully saturated rings. The van der Waals surface area contributed by atoms with E-state index >= 15 is 0 Å². The number of aromatic nitrogens is 4. The maximum atomic E-state index is 13.5. The van der Waals surface area contributed by atoms with Crippen molar-refractivity contribution >= 4 is 23.0 Å². The second kappa shape index (κ2) is 13.6. The molecule has 3 amide bonds. The first-order chi connectivity index (χ1) is 20.0. The Bertz CT molecular complexity index is 1370. The number of aromatic amines is 1. The van der Waals surface area contributed by atoms with Crippen molar-refractivity contribution in [2.24, 2.45) is 5.73 Å². The van der Waals surface area contributed by atoms with Crippen LogP contribution in [0.4, 0.5) is 18.0 Å². The summed E-state index contributed by atoms with van der Waals surface area (Å²) >= 11 is 0. The van der Waals surface area contributed by atoms with Crippen LogP contribution in [0.5, 0.6) is 0 Å². The molecule has 2 aromatic heterocycles. The van der Waals surface area contributed by atoms with Crippen molar-refractivity contribution in [2.75, 3.05) is 26.8 Å². The number of carbonyl (C=O) groups excluding carboxylic acids is 2. The zero-order valence-corrected chi connectivity index (χ0v) is 24.0. The van der Waals surface area contributed by atoms with Crippen LogP contribution in [0.15, 0.2) is 24.4 Å². The number of H-pyrrole nitrogens is 1. The Kier molecular flexibility index (Phi) is 10.1. The molecule has 4 N–H and O–H groups in total. The molecule has 2 saturated carbocycles. The lowest BCUT2D eigenvalue weighted by molar-refractivity contribution is -0.0367. The van der Waals surface area contributed by atoms with Gasteiger partial charge in [0.1, 0.15) is 5.82 Å². The van der Waals surface area contributed by atoms with E-state index in [1.54, 1.807) is 21.0 Å². The van der Waals surface area contributed by atoms with Crippen molar-refractivity contribution in [1.82, 2.24) is 30.0 Å². The Labute approximate surface area is 241 Å². The molecule has 1 aliphatic heterocycles. The monoisotopic (exact) mass is 593 g/mol. The van der Waals surface area contributed by atoms with Crippen LogP contribution in [0.3, 0.4) is 0 Å². The molecular formula is C28H38F3N7O4. The minimum absolute atomic E-state index is 0.0722. The number of nitrogens with zero attached hydrogens (tertiary/aromatic N) is 4. The van der Waals surface area contributed by atoms with Crippen molar-refractivity contribution < 1.29 is 32.2 Å². The minimum atomic E-state index is -2.90. The smallest absolute Gasteiger partial charge is 0.318 e. The number of fused-ring (bicyclic) bond motifs is 1. The third kappa shape index (κ3) is 8.92. The van der Waals surface area contributed by atoms with Crippen LogP contribution < -0.4 is 11.1 Å². The summed E-state index contributed by atoms with van der Waals surface area (Å²) in [4.78, 5) is 31.4. The van der Waals surface area contributed by atoms with Crippen molar-refractivity contribution in [2.45, 2.75) is 76.7 Å². The molecule has 230 valence electrons. The lowest BCUT2D eigenvalue weighted by Crippen LogP contribution is -2.56. The number of rotatable bonds is 9. The third-order valence-electron chi connectivity index (χ3n) is 6.72. The molecule has 0 unspecified atom stereocenters. The van der Waals surface area contributed by atoms with Gasteiger partial charge in [-0.1, -0.05) is 6.07 Å². The van der Waals surface area contributed by atoms with E-state index in [1.165, 1.54) is 17.5 Å². The lowest BCUT2D eigenvalue weighted by atomic mass is 10.1. The lowest BCUT2D eigenvalue weighted by Gasteiger charge is -2.32. The summed E-state index contributed by atoms with van der Waals surface area (Å²) < 4.78 is 51.6. The summed E-state index contributed by atoms with van der Waals surface area (Å²) in [5.74, 6) is -3.52. The number of primary amides is 1.